The Labute approximate surface area is 115 Å². The zero-order valence-electron chi connectivity index (χ0n) is 11.3. The van der Waals surface area contributed by atoms with Gasteiger partial charge < -0.3 is 15.2 Å². The molecule has 0 radical (unpaired) electrons. The van der Waals surface area contributed by atoms with E-state index < -0.39 is 18.8 Å². The highest BCUT2D eigenvalue weighted by atomic mass is 19.4. The highest BCUT2D eigenvalue weighted by Gasteiger charge is 2.27. The maximum Gasteiger partial charge on any atom is 0.411 e. The van der Waals surface area contributed by atoms with Crippen LogP contribution in [0.4, 0.5) is 13.2 Å². The van der Waals surface area contributed by atoms with E-state index in [2.05, 4.69) is 10.1 Å². The zero-order valence-corrected chi connectivity index (χ0v) is 11.3. The van der Waals surface area contributed by atoms with Gasteiger partial charge in [-0.25, -0.2) is 0 Å². The molecule has 1 unspecified atom stereocenters. The van der Waals surface area contributed by atoms with Gasteiger partial charge in [-0.2, -0.15) is 13.2 Å². The summed E-state index contributed by atoms with van der Waals surface area (Å²) in [6.07, 6.45) is -3.27. The van der Waals surface area contributed by atoms with E-state index >= 15 is 0 Å². The van der Waals surface area contributed by atoms with Crippen molar-refractivity contribution in [3.05, 3.63) is 0 Å². The van der Waals surface area contributed by atoms with E-state index in [1.165, 1.54) is 0 Å². The monoisotopic (exact) mass is 299 g/mol. The van der Waals surface area contributed by atoms with Gasteiger partial charge in [0, 0.05) is 19.4 Å². The van der Waals surface area contributed by atoms with Gasteiger partial charge in [0.15, 0.2) is 0 Å². The highest BCUT2D eigenvalue weighted by molar-refractivity contribution is 5.75. The molecule has 1 atom stereocenters. The fraction of sp³-hybridized carbons (Fsp3) is 0.833. The van der Waals surface area contributed by atoms with Crippen molar-refractivity contribution in [2.45, 2.75) is 38.8 Å². The zero-order chi connectivity index (χ0) is 15.6. The third-order valence-electron chi connectivity index (χ3n) is 2.55. The maximum absolute atomic E-state index is 11.7. The minimum Gasteiger partial charge on any atom is -0.481 e. The Bertz CT molecular complexity index is 308. The van der Waals surface area contributed by atoms with Crippen LogP contribution < -0.4 is 5.32 Å². The topological polar surface area (TPSA) is 75.6 Å². The Kier molecular flexibility index (Phi) is 8.94. The molecule has 0 fully saturated rings. The molecule has 118 valence electrons. The van der Waals surface area contributed by atoms with E-state index in [1.54, 1.807) is 0 Å². The molecule has 0 saturated carbocycles. The second-order valence-electron chi connectivity index (χ2n) is 4.59. The molecule has 0 heterocycles. The number of ether oxygens (including phenoxy) is 1. The van der Waals surface area contributed by atoms with Crippen LogP contribution in [0.25, 0.3) is 0 Å². The second-order valence-corrected chi connectivity index (χ2v) is 4.59. The first-order chi connectivity index (χ1) is 9.20. The van der Waals surface area contributed by atoms with E-state index in [9.17, 15) is 22.8 Å². The molecule has 2 N–H and O–H groups in total. The summed E-state index contributed by atoms with van der Waals surface area (Å²) in [5.41, 5.74) is 0. The molecule has 5 nitrogen and oxygen atoms in total. The second kappa shape index (κ2) is 9.57. The fourth-order valence-corrected chi connectivity index (χ4v) is 1.41. The van der Waals surface area contributed by atoms with Gasteiger partial charge in [0.2, 0.25) is 5.91 Å². The van der Waals surface area contributed by atoms with Gasteiger partial charge in [-0.05, 0) is 18.8 Å². The van der Waals surface area contributed by atoms with E-state index in [0.717, 1.165) is 0 Å². The van der Waals surface area contributed by atoms with Crippen LogP contribution in [-0.2, 0) is 14.3 Å². The summed E-state index contributed by atoms with van der Waals surface area (Å²) >= 11 is 0. The predicted octanol–water partition coefficient (Wildman–Crippen LogP) is 1.96. The van der Waals surface area contributed by atoms with Crippen molar-refractivity contribution in [3.8, 4) is 0 Å². The number of rotatable bonds is 10. The quantitative estimate of drug-likeness (QED) is 0.605. The molecule has 8 heteroatoms. The molecule has 0 aliphatic heterocycles. The lowest BCUT2D eigenvalue weighted by Crippen LogP contribution is -2.27. The van der Waals surface area contributed by atoms with Crippen LogP contribution in [0.1, 0.15) is 32.6 Å². The molecule has 1 amide bonds. The largest absolute Gasteiger partial charge is 0.481 e. The SMILES string of the molecule is CC(CCNC(=O)CCOCC(F)(F)F)CCC(=O)O. The van der Waals surface area contributed by atoms with Gasteiger partial charge in [0.25, 0.3) is 0 Å². The number of amides is 1. The number of carboxylic acids is 1. The molecule has 0 aromatic carbocycles. The van der Waals surface area contributed by atoms with Crippen LogP contribution in [0.5, 0.6) is 0 Å². The summed E-state index contributed by atoms with van der Waals surface area (Å²) in [5.74, 6) is -1.08. The first-order valence-electron chi connectivity index (χ1n) is 6.33. The molecule has 0 rings (SSSR count). The minimum absolute atomic E-state index is 0.0837. The van der Waals surface area contributed by atoms with Gasteiger partial charge in [0.1, 0.15) is 6.61 Å². The van der Waals surface area contributed by atoms with Crippen LogP contribution >= 0.6 is 0 Å². The van der Waals surface area contributed by atoms with Crippen LogP contribution in [0.3, 0.4) is 0 Å². The van der Waals surface area contributed by atoms with E-state index in [-0.39, 0.29) is 31.3 Å². The molecular weight excluding hydrogens is 279 g/mol. The lowest BCUT2D eigenvalue weighted by molar-refractivity contribution is -0.174. The van der Waals surface area contributed by atoms with Crippen LogP contribution in [0.2, 0.25) is 0 Å². The highest BCUT2D eigenvalue weighted by Crippen LogP contribution is 2.14. The first kappa shape index (κ1) is 18.7. The van der Waals surface area contributed by atoms with Crippen molar-refractivity contribution in [1.29, 1.82) is 0 Å². The van der Waals surface area contributed by atoms with Crippen LogP contribution in [-0.4, -0.2) is 42.9 Å². The Morgan fingerprint density at radius 1 is 1.25 bits per heavy atom. The standard InChI is InChI=1S/C12H20F3NO4/c1-9(2-3-11(18)19)4-6-16-10(17)5-7-20-8-12(13,14)15/h9H,2-8H2,1H3,(H,16,17)(H,18,19). The number of hydrogen-bond acceptors (Lipinski definition) is 3. The molecule has 0 bridgehead atoms. The lowest BCUT2D eigenvalue weighted by Gasteiger charge is -2.11. The summed E-state index contributed by atoms with van der Waals surface area (Å²) in [5, 5.41) is 11.0. The first-order valence-corrected chi connectivity index (χ1v) is 6.33. The molecule has 0 aliphatic carbocycles. The van der Waals surface area contributed by atoms with Crippen molar-refractivity contribution in [2.75, 3.05) is 19.8 Å². The molecule has 0 spiro atoms. The molecule has 0 saturated heterocycles. The van der Waals surface area contributed by atoms with Gasteiger partial charge in [-0.1, -0.05) is 6.92 Å². The summed E-state index contributed by atoms with van der Waals surface area (Å²) < 4.78 is 39.5. The van der Waals surface area contributed by atoms with Crippen LogP contribution in [0.15, 0.2) is 0 Å². The number of carboxylic acid groups (broad SMARTS) is 1. The number of alkyl halides is 3. The number of carbonyl (C=O) groups is 2. The van der Waals surface area contributed by atoms with E-state index in [4.69, 9.17) is 5.11 Å². The summed E-state index contributed by atoms with van der Waals surface area (Å²) in [4.78, 5) is 21.6. The number of hydrogen-bond donors (Lipinski definition) is 2. The van der Waals surface area contributed by atoms with E-state index in [1.807, 2.05) is 6.92 Å². The third kappa shape index (κ3) is 13.1. The average Bonchev–Trinajstić information content (AvgIpc) is 2.31. The summed E-state index contributed by atoms with van der Waals surface area (Å²) in [7, 11) is 0. The number of nitrogens with one attached hydrogen (secondary N) is 1. The van der Waals surface area contributed by atoms with Crippen molar-refractivity contribution in [2.24, 2.45) is 5.92 Å². The normalized spacial score (nSPS) is 13.0. The van der Waals surface area contributed by atoms with Gasteiger partial charge in [-0.15, -0.1) is 0 Å². The third-order valence-corrected chi connectivity index (χ3v) is 2.55. The molecule has 0 aromatic rings. The fourth-order valence-electron chi connectivity index (χ4n) is 1.41. The Morgan fingerprint density at radius 2 is 1.90 bits per heavy atom. The number of aliphatic carboxylic acids is 1. The molecular formula is C12H20F3NO4. The number of halogens is 3. The van der Waals surface area contributed by atoms with Crippen molar-refractivity contribution in [1.82, 2.24) is 5.32 Å². The van der Waals surface area contributed by atoms with Crippen molar-refractivity contribution in [3.63, 3.8) is 0 Å². The van der Waals surface area contributed by atoms with Gasteiger partial charge in [0.05, 0.1) is 6.61 Å². The van der Waals surface area contributed by atoms with Crippen LogP contribution in [0, 0.1) is 5.92 Å². The predicted molar refractivity (Wildman–Crippen MR) is 65.2 cm³/mol. The number of carbonyl (C=O) groups excluding carboxylic acids is 1. The Morgan fingerprint density at radius 3 is 2.45 bits per heavy atom. The Balaban J connectivity index is 3.51. The van der Waals surface area contributed by atoms with E-state index in [0.29, 0.717) is 19.4 Å². The van der Waals surface area contributed by atoms with Crippen molar-refractivity contribution >= 4 is 11.9 Å². The lowest BCUT2D eigenvalue weighted by atomic mass is 10.0. The summed E-state index contributed by atoms with van der Waals surface area (Å²) in [6.45, 7) is 0.618. The molecule has 0 aromatic heterocycles. The summed E-state index contributed by atoms with van der Waals surface area (Å²) in [6, 6.07) is 0. The average molecular weight is 299 g/mol. The molecule has 0 aliphatic rings. The van der Waals surface area contributed by atoms with Gasteiger partial charge in [-0.3, -0.25) is 9.59 Å². The van der Waals surface area contributed by atoms with Crippen molar-refractivity contribution < 1.29 is 32.6 Å². The smallest absolute Gasteiger partial charge is 0.411 e. The molecule has 20 heavy (non-hydrogen) atoms. The Hall–Kier alpha value is -1.31. The minimum atomic E-state index is -4.38. The maximum atomic E-state index is 11.7. The van der Waals surface area contributed by atoms with Gasteiger partial charge >= 0.3 is 12.1 Å².